The van der Waals surface area contributed by atoms with Crippen LogP contribution in [0.15, 0.2) is 9.98 Å². The summed E-state index contributed by atoms with van der Waals surface area (Å²) in [7, 11) is 0. The molecule has 7 nitrogen and oxygen atoms in total. The maximum Gasteiger partial charge on any atom is 0.236 e. The molecule has 0 amide bonds. The van der Waals surface area contributed by atoms with Crippen LogP contribution in [0.3, 0.4) is 0 Å². The molecule has 1 aliphatic heterocycles. The van der Waals surface area contributed by atoms with Gasteiger partial charge in [-0.1, -0.05) is 0 Å². The van der Waals surface area contributed by atoms with Crippen molar-refractivity contribution < 1.29 is 15.3 Å². The molecular formula is C12H16N4O3. The van der Waals surface area contributed by atoms with Crippen molar-refractivity contribution >= 4 is 11.5 Å². The summed E-state index contributed by atoms with van der Waals surface area (Å²) in [4.78, 5) is 15.9. The first-order valence-electron chi connectivity index (χ1n) is 5.82. The summed E-state index contributed by atoms with van der Waals surface area (Å²) < 4.78 is 0. The fraction of sp³-hybridized carbons (Fsp3) is 0.500. The van der Waals surface area contributed by atoms with Gasteiger partial charge in [0.15, 0.2) is 5.75 Å². The minimum absolute atomic E-state index is 0.112. The molecule has 0 saturated heterocycles. The summed E-state index contributed by atoms with van der Waals surface area (Å²) in [6.07, 6.45) is -1.36. The first kappa shape index (κ1) is 13.6. The Labute approximate surface area is 110 Å². The lowest BCUT2D eigenvalue weighted by molar-refractivity contribution is -0.0478. The molecule has 0 aromatic carbocycles. The number of aromatic hydroxyl groups is 1. The van der Waals surface area contributed by atoms with Crippen molar-refractivity contribution in [2.75, 3.05) is 0 Å². The number of aryl methyl sites for hydroxylation is 2. The van der Waals surface area contributed by atoms with Crippen molar-refractivity contribution in [3.05, 3.63) is 17.2 Å². The molecule has 2 rings (SSSR count). The topological polar surface area (TPSA) is 111 Å². The van der Waals surface area contributed by atoms with Gasteiger partial charge < -0.3 is 15.3 Å². The zero-order valence-corrected chi connectivity index (χ0v) is 11.2. The second-order valence-corrected chi connectivity index (χ2v) is 4.59. The molecule has 1 aromatic heterocycles. The highest BCUT2D eigenvalue weighted by atomic mass is 16.4. The Kier molecular flexibility index (Phi) is 3.11. The van der Waals surface area contributed by atoms with Crippen molar-refractivity contribution in [2.24, 2.45) is 9.98 Å². The van der Waals surface area contributed by atoms with E-state index in [4.69, 9.17) is 0 Å². The molecule has 0 aliphatic carbocycles. The SMILES string of the molecule is CC1=NC(O)(c2nc(C)nc(C)c2O)C(O)C(C)=N1. The first-order chi connectivity index (χ1) is 8.75. The lowest BCUT2D eigenvalue weighted by Gasteiger charge is -2.32. The zero-order chi connectivity index (χ0) is 14.4. The molecule has 3 N–H and O–H groups in total. The van der Waals surface area contributed by atoms with Gasteiger partial charge >= 0.3 is 0 Å². The third kappa shape index (κ3) is 2.11. The minimum atomic E-state index is -2.04. The van der Waals surface area contributed by atoms with Gasteiger partial charge in [0.05, 0.1) is 11.4 Å². The predicted octanol–water partition coefficient (Wildman–Crippen LogP) is 0.198. The van der Waals surface area contributed by atoms with Crippen molar-refractivity contribution in [1.82, 2.24) is 9.97 Å². The molecule has 0 saturated carbocycles. The molecule has 0 radical (unpaired) electrons. The maximum atomic E-state index is 10.6. The second kappa shape index (κ2) is 4.36. The first-order valence-corrected chi connectivity index (χ1v) is 5.82. The summed E-state index contributed by atoms with van der Waals surface area (Å²) >= 11 is 0. The van der Waals surface area contributed by atoms with Crippen LogP contribution in [0.4, 0.5) is 0 Å². The standard InChI is InChI=1S/C12H16N4O3/c1-5-9(17)10(15-7(3)13-5)12(19)11(18)6(2)14-8(4)16-12/h11,17-19H,1-4H3. The Bertz CT molecular complexity index is 597. The van der Waals surface area contributed by atoms with E-state index < -0.39 is 11.8 Å². The van der Waals surface area contributed by atoms with Crippen molar-refractivity contribution in [3.63, 3.8) is 0 Å². The minimum Gasteiger partial charge on any atom is -0.504 e. The van der Waals surface area contributed by atoms with Crippen molar-refractivity contribution in [2.45, 2.75) is 39.5 Å². The molecule has 1 aromatic rings. The van der Waals surface area contributed by atoms with E-state index in [1.807, 2.05) is 0 Å². The van der Waals surface area contributed by atoms with Gasteiger partial charge in [-0.3, -0.25) is 0 Å². The fourth-order valence-corrected chi connectivity index (χ4v) is 2.09. The van der Waals surface area contributed by atoms with Crippen LogP contribution in [0.1, 0.15) is 31.1 Å². The second-order valence-electron chi connectivity index (χ2n) is 4.59. The van der Waals surface area contributed by atoms with Crippen LogP contribution in [0.5, 0.6) is 5.75 Å². The number of hydrogen-bond donors (Lipinski definition) is 3. The van der Waals surface area contributed by atoms with E-state index in [9.17, 15) is 15.3 Å². The van der Waals surface area contributed by atoms with E-state index in [2.05, 4.69) is 20.0 Å². The Morgan fingerprint density at radius 1 is 1.11 bits per heavy atom. The van der Waals surface area contributed by atoms with Gasteiger partial charge in [0, 0.05) is 0 Å². The number of hydrogen-bond acceptors (Lipinski definition) is 7. The summed E-state index contributed by atoms with van der Waals surface area (Å²) in [6.45, 7) is 6.39. The van der Waals surface area contributed by atoms with E-state index in [1.54, 1.807) is 27.7 Å². The average molecular weight is 264 g/mol. The number of aliphatic hydroxyl groups is 2. The van der Waals surface area contributed by atoms with Crippen molar-refractivity contribution in [1.29, 1.82) is 0 Å². The molecule has 2 heterocycles. The molecule has 7 heteroatoms. The van der Waals surface area contributed by atoms with Crippen LogP contribution in [-0.4, -0.2) is 42.9 Å². The maximum absolute atomic E-state index is 10.6. The number of aliphatic imine (C=N–C) groups is 2. The van der Waals surface area contributed by atoms with E-state index in [1.165, 1.54) is 0 Å². The van der Waals surface area contributed by atoms with Gasteiger partial charge in [0.1, 0.15) is 23.5 Å². The molecule has 0 fully saturated rings. The number of aliphatic hydroxyl groups excluding tert-OH is 1. The van der Waals surface area contributed by atoms with E-state index in [0.29, 0.717) is 23.1 Å². The van der Waals surface area contributed by atoms with Gasteiger partial charge in [-0.15, -0.1) is 0 Å². The summed E-state index contributed by atoms with van der Waals surface area (Å²) in [5, 5.41) is 30.8. The average Bonchev–Trinajstić information content (AvgIpc) is 2.30. The molecule has 0 spiro atoms. The van der Waals surface area contributed by atoms with Gasteiger partial charge in [0.25, 0.3) is 0 Å². The van der Waals surface area contributed by atoms with Crippen LogP contribution >= 0.6 is 0 Å². The quantitative estimate of drug-likeness (QED) is 0.670. The Hall–Kier alpha value is -1.86. The van der Waals surface area contributed by atoms with Gasteiger partial charge in [-0.2, -0.15) is 0 Å². The molecule has 1 aliphatic rings. The Morgan fingerprint density at radius 3 is 2.37 bits per heavy atom. The largest absolute Gasteiger partial charge is 0.504 e. The van der Waals surface area contributed by atoms with E-state index >= 15 is 0 Å². The van der Waals surface area contributed by atoms with Gasteiger partial charge in [-0.25, -0.2) is 20.0 Å². The van der Waals surface area contributed by atoms with E-state index in [-0.39, 0.29) is 11.4 Å². The lowest BCUT2D eigenvalue weighted by atomic mass is 9.96. The fourth-order valence-electron chi connectivity index (χ4n) is 2.09. The zero-order valence-electron chi connectivity index (χ0n) is 11.2. The third-order valence-electron chi connectivity index (χ3n) is 2.97. The highest BCUT2D eigenvalue weighted by Gasteiger charge is 2.45. The summed E-state index contributed by atoms with van der Waals surface area (Å²) in [6, 6.07) is 0. The smallest absolute Gasteiger partial charge is 0.236 e. The molecule has 19 heavy (non-hydrogen) atoms. The molecule has 2 unspecified atom stereocenters. The van der Waals surface area contributed by atoms with Gasteiger partial charge in [0.2, 0.25) is 5.72 Å². The third-order valence-corrected chi connectivity index (χ3v) is 2.97. The highest BCUT2D eigenvalue weighted by molar-refractivity contribution is 6.01. The predicted molar refractivity (Wildman–Crippen MR) is 69.3 cm³/mol. The van der Waals surface area contributed by atoms with Crippen molar-refractivity contribution in [3.8, 4) is 5.75 Å². The Morgan fingerprint density at radius 2 is 1.74 bits per heavy atom. The van der Waals surface area contributed by atoms with Crippen LogP contribution in [0.25, 0.3) is 0 Å². The number of rotatable bonds is 1. The highest BCUT2D eigenvalue weighted by Crippen LogP contribution is 2.35. The Balaban J connectivity index is 2.67. The number of nitrogens with zero attached hydrogens (tertiary/aromatic N) is 4. The molecule has 2 atom stereocenters. The monoisotopic (exact) mass is 264 g/mol. The van der Waals surface area contributed by atoms with Crippen LogP contribution < -0.4 is 0 Å². The van der Waals surface area contributed by atoms with Gasteiger partial charge in [-0.05, 0) is 27.7 Å². The van der Waals surface area contributed by atoms with E-state index in [0.717, 1.165) is 0 Å². The number of amidine groups is 1. The van der Waals surface area contributed by atoms with Crippen LogP contribution in [0, 0.1) is 13.8 Å². The summed E-state index contributed by atoms with van der Waals surface area (Å²) in [5.74, 6) is 0.399. The van der Waals surface area contributed by atoms with Crippen LogP contribution in [0.2, 0.25) is 0 Å². The normalized spacial score (nSPS) is 26.9. The number of aromatic nitrogens is 2. The molecule has 0 bridgehead atoms. The lowest BCUT2D eigenvalue weighted by Crippen LogP contribution is -2.46. The van der Waals surface area contributed by atoms with Crippen LogP contribution in [-0.2, 0) is 5.72 Å². The summed E-state index contributed by atoms with van der Waals surface area (Å²) in [5.41, 5.74) is -1.53. The molecule has 102 valence electrons. The molecular weight excluding hydrogens is 248 g/mol.